The van der Waals surface area contributed by atoms with E-state index in [4.69, 9.17) is 0 Å². The fraction of sp³-hybridized carbons (Fsp3) is 0.583. The molecule has 18 heavy (non-hydrogen) atoms. The topological polar surface area (TPSA) is 59.8 Å². The normalized spacial score (nSPS) is 11.6. The molecule has 0 fully saturated rings. The summed E-state index contributed by atoms with van der Waals surface area (Å²) < 4.78 is 5.84. The van der Waals surface area contributed by atoms with Crippen molar-refractivity contribution in [2.75, 3.05) is 6.54 Å². The third-order valence-corrected chi connectivity index (χ3v) is 3.61. The first-order chi connectivity index (χ1) is 8.59. The summed E-state index contributed by atoms with van der Waals surface area (Å²) >= 11 is 1.28. The van der Waals surface area contributed by atoms with Gasteiger partial charge < -0.3 is 5.32 Å². The van der Waals surface area contributed by atoms with Crippen LogP contribution in [0.25, 0.3) is 10.2 Å². The maximum atomic E-state index is 12.2. The maximum Gasteiger partial charge on any atom is 0.263 e. The van der Waals surface area contributed by atoms with Crippen LogP contribution in [0.15, 0.2) is 11.1 Å². The van der Waals surface area contributed by atoms with E-state index in [2.05, 4.69) is 28.5 Å². The molecular formula is C12H18N4OS. The van der Waals surface area contributed by atoms with E-state index in [-0.39, 0.29) is 5.56 Å². The quantitative estimate of drug-likeness (QED) is 0.834. The molecule has 0 aliphatic rings. The van der Waals surface area contributed by atoms with Gasteiger partial charge in [-0.3, -0.25) is 9.36 Å². The Morgan fingerprint density at radius 1 is 1.50 bits per heavy atom. The predicted molar refractivity (Wildman–Crippen MR) is 74.2 cm³/mol. The minimum atomic E-state index is 0.0239. The van der Waals surface area contributed by atoms with Gasteiger partial charge in [-0.2, -0.15) is 4.37 Å². The highest BCUT2D eigenvalue weighted by Crippen LogP contribution is 2.15. The molecule has 2 aromatic rings. The van der Waals surface area contributed by atoms with Crippen LogP contribution in [-0.2, 0) is 6.54 Å². The number of aromatic nitrogens is 3. The summed E-state index contributed by atoms with van der Waals surface area (Å²) in [5.41, 5.74) is 0.804. The zero-order valence-corrected chi connectivity index (χ0v) is 11.8. The Kier molecular flexibility index (Phi) is 4.08. The van der Waals surface area contributed by atoms with Gasteiger partial charge in [-0.15, -0.1) is 0 Å². The van der Waals surface area contributed by atoms with Gasteiger partial charge in [0.2, 0.25) is 0 Å². The van der Waals surface area contributed by atoms with Crippen molar-refractivity contribution in [2.24, 2.45) is 0 Å². The van der Waals surface area contributed by atoms with E-state index in [9.17, 15) is 4.79 Å². The third-order valence-electron chi connectivity index (χ3n) is 2.76. The first kappa shape index (κ1) is 13.2. The summed E-state index contributed by atoms with van der Waals surface area (Å²) in [6, 6.07) is 0.477. The third kappa shape index (κ3) is 2.76. The molecule has 0 radical (unpaired) electrons. The van der Waals surface area contributed by atoms with Crippen LogP contribution in [0, 0.1) is 6.92 Å². The number of nitrogens with zero attached hydrogens (tertiary/aromatic N) is 3. The monoisotopic (exact) mass is 266 g/mol. The molecule has 2 rings (SSSR count). The number of nitrogens with one attached hydrogen (secondary N) is 1. The lowest BCUT2D eigenvalue weighted by Crippen LogP contribution is -2.27. The Morgan fingerprint density at radius 3 is 3.00 bits per heavy atom. The van der Waals surface area contributed by atoms with Crippen molar-refractivity contribution in [2.45, 2.75) is 39.8 Å². The van der Waals surface area contributed by atoms with Gasteiger partial charge in [0, 0.05) is 12.6 Å². The van der Waals surface area contributed by atoms with Crippen molar-refractivity contribution < 1.29 is 0 Å². The standard InChI is InChI=1S/C12H18N4OS/c1-8(2)13-5-4-6-16-7-14-11-10(12(16)17)9(3)15-18-11/h7-8,13H,4-6H2,1-3H3. The van der Waals surface area contributed by atoms with Crippen molar-refractivity contribution in [3.63, 3.8) is 0 Å². The molecule has 0 aromatic carbocycles. The molecule has 0 bridgehead atoms. The zero-order chi connectivity index (χ0) is 13.1. The Morgan fingerprint density at radius 2 is 2.28 bits per heavy atom. The molecule has 0 aliphatic heterocycles. The molecule has 6 heteroatoms. The van der Waals surface area contributed by atoms with E-state index < -0.39 is 0 Å². The van der Waals surface area contributed by atoms with Gasteiger partial charge in [-0.1, -0.05) is 13.8 Å². The largest absolute Gasteiger partial charge is 0.314 e. The molecule has 0 atom stereocenters. The lowest BCUT2D eigenvalue weighted by molar-refractivity contribution is 0.528. The Labute approximate surface area is 110 Å². The van der Waals surface area contributed by atoms with E-state index in [0.29, 0.717) is 18.0 Å². The van der Waals surface area contributed by atoms with Crippen molar-refractivity contribution in [1.29, 1.82) is 0 Å². The summed E-state index contributed by atoms with van der Waals surface area (Å²) in [4.78, 5) is 17.2. The van der Waals surface area contributed by atoms with Gasteiger partial charge in [-0.05, 0) is 31.4 Å². The van der Waals surface area contributed by atoms with Crippen LogP contribution >= 0.6 is 11.5 Å². The van der Waals surface area contributed by atoms with Crippen LogP contribution in [0.2, 0.25) is 0 Å². The SMILES string of the molecule is Cc1nsc2ncn(CCCNC(C)C)c(=O)c12. The fourth-order valence-corrected chi connectivity index (χ4v) is 2.54. The van der Waals surface area contributed by atoms with Crippen LogP contribution in [0.1, 0.15) is 26.0 Å². The molecular weight excluding hydrogens is 248 g/mol. The van der Waals surface area contributed by atoms with E-state index >= 15 is 0 Å². The molecule has 0 amide bonds. The van der Waals surface area contributed by atoms with Crippen LogP contribution in [-0.4, -0.2) is 26.5 Å². The minimum absolute atomic E-state index is 0.0239. The second-order valence-corrected chi connectivity index (χ2v) is 5.41. The smallest absolute Gasteiger partial charge is 0.263 e. The highest BCUT2D eigenvalue weighted by atomic mass is 32.1. The Balaban J connectivity index is 2.12. The summed E-state index contributed by atoms with van der Waals surface area (Å²) in [6.07, 6.45) is 2.54. The fourth-order valence-electron chi connectivity index (χ4n) is 1.81. The lowest BCUT2D eigenvalue weighted by Gasteiger charge is -2.08. The number of aryl methyl sites for hydroxylation is 2. The first-order valence-corrected chi connectivity index (χ1v) is 6.91. The second-order valence-electron chi connectivity index (χ2n) is 4.65. The summed E-state index contributed by atoms with van der Waals surface area (Å²) in [5, 5.41) is 4.00. The predicted octanol–water partition coefficient (Wildman–Crippen LogP) is 1.55. The van der Waals surface area contributed by atoms with Crippen LogP contribution in [0.3, 0.4) is 0 Å². The van der Waals surface area contributed by atoms with E-state index in [1.165, 1.54) is 11.5 Å². The highest BCUT2D eigenvalue weighted by molar-refractivity contribution is 7.12. The molecule has 2 aromatic heterocycles. The summed E-state index contributed by atoms with van der Waals surface area (Å²) in [6.45, 7) is 7.67. The molecule has 0 aliphatic carbocycles. The number of rotatable bonds is 5. The average molecular weight is 266 g/mol. The average Bonchev–Trinajstić information content (AvgIpc) is 2.69. The molecule has 5 nitrogen and oxygen atoms in total. The van der Waals surface area contributed by atoms with Crippen molar-refractivity contribution in [3.8, 4) is 0 Å². The number of hydrogen-bond acceptors (Lipinski definition) is 5. The lowest BCUT2D eigenvalue weighted by atomic mass is 10.3. The molecule has 2 heterocycles. The van der Waals surface area contributed by atoms with E-state index in [0.717, 1.165) is 23.5 Å². The maximum absolute atomic E-state index is 12.2. The van der Waals surface area contributed by atoms with Crippen LogP contribution in [0.4, 0.5) is 0 Å². The van der Waals surface area contributed by atoms with Gasteiger partial charge in [-0.25, -0.2) is 4.98 Å². The molecule has 98 valence electrons. The van der Waals surface area contributed by atoms with E-state index in [1.807, 2.05) is 6.92 Å². The molecule has 0 unspecified atom stereocenters. The van der Waals surface area contributed by atoms with Gasteiger partial charge in [0.25, 0.3) is 5.56 Å². The summed E-state index contributed by atoms with van der Waals surface area (Å²) in [5.74, 6) is 0. The molecule has 1 N–H and O–H groups in total. The molecule has 0 saturated heterocycles. The van der Waals surface area contributed by atoms with Gasteiger partial charge in [0.1, 0.15) is 0 Å². The summed E-state index contributed by atoms with van der Waals surface area (Å²) in [7, 11) is 0. The highest BCUT2D eigenvalue weighted by Gasteiger charge is 2.09. The minimum Gasteiger partial charge on any atom is -0.314 e. The Hall–Kier alpha value is -1.27. The van der Waals surface area contributed by atoms with Gasteiger partial charge >= 0.3 is 0 Å². The second kappa shape index (κ2) is 5.58. The van der Waals surface area contributed by atoms with Crippen LogP contribution < -0.4 is 10.9 Å². The molecule has 0 spiro atoms. The zero-order valence-electron chi connectivity index (χ0n) is 10.9. The van der Waals surface area contributed by atoms with Crippen molar-refractivity contribution >= 4 is 21.7 Å². The number of hydrogen-bond donors (Lipinski definition) is 1. The molecule has 0 saturated carbocycles. The van der Waals surface area contributed by atoms with E-state index in [1.54, 1.807) is 10.9 Å². The van der Waals surface area contributed by atoms with Crippen molar-refractivity contribution in [3.05, 3.63) is 22.4 Å². The van der Waals surface area contributed by atoms with Crippen molar-refractivity contribution in [1.82, 2.24) is 19.2 Å². The van der Waals surface area contributed by atoms with Crippen LogP contribution in [0.5, 0.6) is 0 Å². The number of fused-ring (bicyclic) bond motifs is 1. The van der Waals surface area contributed by atoms with Gasteiger partial charge in [0.15, 0.2) is 4.83 Å². The Bertz CT molecular complexity index is 587. The van der Waals surface area contributed by atoms with Gasteiger partial charge in [0.05, 0.1) is 17.4 Å². The first-order valence-electron chi connectivity index (χ1n) is 6.14.